The Morgan fingerprint density at radius 1 is 1.03 bits per heavy atom. The number of hydrogen-bond donors (Lipinski definition) is 4. The number of imide groups is 1. The molecule has 2 aromatic carbocycles. The fraction of sp³-hybridized carbons (Fsp3) is 0.259. The Kier molecular flexibility index (Phi) is 5.57. The first-order chi connectivity index (χ1) is 16.8. The molecule has 1 atom stereocenters. The molecule has 8 heteroatoms. The Morgan fingerprint density at radius 2 is 1.71 bits per heavy atom. The van der Waals surface area contributed by atoms with Crippen LogP contribution in [0.4, 0.5) is 4.39 Å². The van der Waals surface area contributed by atoms with Crippen molar-refractivity contribution in [2.45, 2.75) is 44.9 Å². The summed E-state index contributed by atoms with van der Waals surface area (Å²) in [4.78, 5) is 29.2. The summed E-state index contributed by atoms with van der Waals surface area (Å²) in [6.45, 7) is 3.94. The minimum atomic E-state index is -0.898. The van der Waals surface area contributed by atoms with Crippen LogP contribution in [-0.2, 0) is 16.1 Å². The van der Waals surface area contributed by atoms with Gasteiger partial charge in [-0.2, -0.15) is 0 Å². The normalized spacial score (nSPS) is 15.5. The minimum absolute atomic E-state index is 0.105. The summed E-state index contributed by atoms with van der Waals surface area (Å²) < 4.78 is 16.9. The number of benzene rings is 2. The van der Waals surface area contributed by atoms with E-state index in [4.69, 9.17) is 5.73 Å². The van der Waals surface area contributed by atoms with Crippen LogP contribution in [0.2, 0.25) is 0 Å². The van der Waals surface area contributed by atoms with Crippen LogP contribution in [-0.4, -0.2) is 38.1 Å². The predicted octanol–water partition coefficient (Wildman–Crippen LogP) is 3.71. The number of aromatic nitrogens is 2. The van der Waals surface area contributed by atoms with Gasteiger partial charge < -0.3 is 20.4 Å². The maximum Gasteiger partial charge on any atom is 0.259 e. The molecule has 180 valence electrons. The quantitative estimate of drug-likeness (QED) is 0.306. The van der Waals surface area contributed by atoms with E-state index < -0.39 is 29.3 Å². The second-order valence-electron chi connectivity index (χ2n) is 9.07. The molecule has 0 fully saturated rings. The highest BCUT2D eigenvalue weighted by atomic mass is 19.1. The van der Waals surface area contributed by atoms with Crippen LogP contribution in [0.25, 0.3) is 33.0 Å². The Bertz CT molecular complexity index is 1510. The predicted molar refractivity (Wildman–Crippen MR) is 134 cm³/mol. The Morgan fingerprint density at radius 3 is 2.43 bits per heavy atom. The molecule has 0 radical (unpaired) electrons. The van der Waals surface area contributed by atoms with E-state index in [0.29, 0.717) is 29.5 Å². The minimum Gasteiger partial charge on any atom is -0.389 e. The average Bonchev–Trinajstić information content (AvgIpc) is 3.52. The topological polar surface area (TPSA) is 113 Å². The van der Waals surface area contributed by atoms with Gasteiger partial charge in [-0.15, -0.1) is 0 Å². The first-order valence-corrected chi connectivity index (χ1v) is 11.7. The van der Waals surface area contributed by atoms with Gasteiger partial charge in [-0.3, -0.25) is 14.9 Å². The highest BCUT2D eigenvalue weighted by molar-refractivity contribution is 6.50. The summed E-state index contributed by atoms with van der Waals surface area (Å²) in [5.41, 5.74) is 8.08. The number of aliphatic hydroxyl groups is 1. The summed E-state index contributed by atoms with van der Waals surface area (Å²) in [7, 11) is 0. The number of nitrogens with one attached hydrogen (secondary N) is 2. The molecular weight excluding hydrogens is 447 g/mol. The number of aliphatic hydroxyl groups excluding tert-OH is 1. The number of carbonyl (C=O) groups excluding carboxylic acids is 2. The summed E-state index contributed by atoms with van der Waals surface area (Å²) in [6.07, 6.45) is 3.55. The third-order valence-corrected chi connectivity index (χ3v) is 7.26. The van der Waals surface area contributed by atoms with Gasteiger partial charge in [-0.1, -0.05) is 38.1 Å². The second-order valence-corrected chi connectivity index (χ2v) is 9.07. The number of nitrogens with two attached hydrogens (primary N) is 1. The molecule has 1 aliphatic heterocycles. The van der Waals surface area contributed by atoms with Gasteiger partial charge in [0.15, 0.2) is 0 Å². The molecule has 0 aliphatic carbocycles. The molecular formula is C27H27FN4O3. The van der Waals surface area contributed by atoms with Crippen LogP contribution in [0.3, 0.4) is 0 Å². The van der Waals surface area contributed by atoms with E-state index in [2.05, 4.69) is 10.3 Å². The van der Waals surface area contributed by atoms with Crippen LogP contribution >= 0.6 is 0 Å². The van der Waals surface area contributed by atoms with Crippen LogP contribution in [0.1, 0.15) is 37.8 Å². The third kappa shape index (κ3) is 3.57. The molecule has 7 nitrogen and oxygen atoms in total. The number of hydrogen-bond acceptors (Lipinski definition) is 4. The van der Waals surface area contributed by atoms with Crippen molar-refractivity contribution in [1.29, 1.82) is 0 Å². The maximum absolute atomic E-state index is 15.2. The molecule has 2 aromatic heterocycles. The number of aromatic amines is 1. The van der Waals surface area contributed by atoms with Crippen molar-refractivity contribution in [3.05, 3.63) is 71.8 Å². The van der Waals surface area contributed by atoms with E-state index >= 15 is 4.39 Å². The molecule has 0 saturated heterocycles. The molecule has 5 N–H and O–H groups in total. The van der Waals surface area contributed by atoms with Crippen LogP contribution in [0.15, 0.2) is 54.9 Å². The molecule has 35 heavy (non-hydrogen) atoms. The zero-order valence-corrected chi connectivity index (χ0v) is 19.6. The van der Waals surface area contributed by atoms with Gasteiger partial charge in [0.2, 0.25) is 0 Å². The molecule has 3 heterocycles. The summed E-state index contributed by atoms with van der Waals surface area (Å²) in [5, 5.41) is 14.3. The third-order valence-electron chi connectivity index (χ3n) is 7.26. The van der Waals surface area contributed by atoms with Crippen molar-refractivity contribution in [3.63, 3.8) is 0 Å². The lowest BCUT2D eigenvalue weighted by Crippen LogP contribution is -2.51. The fourth-order valence-corrected chi connectivity index (χ4v) is 4.99. The van der Waals surface area contributed by atoms with E-state index in [-0.39, 0.29) is 23.1 Å². The van der Waals surface area contributed by atoms with E-state index in [1.54, 1.807) is 29.1 Å². The molecule has 5 rings (SSSR count). The smallest absolute Gasteiger partial charge is 0.259 e. The summed E-state index contributed by atoms with van der Waals surface area (Å²) in [6, 6.07) is 12.1. The molecule has 1 unspecified atom stereocenters. The number of carbonyl (C=O) groups is 2. The lowest BCUT2D eigenvalue weighted by Gasteiger charge is -2.32. The maximum atomic E-state index is 15.2. The zero-order chi connectivity index (χ0) is 24.9. The average molecular weight is 475 g/mol. The molecule has 2 amide bonds. The Hall–Kier alpha value is -3.75. The van der Waals surface area contributed by atoms with Crippen LogP contribution < -0.4 is 11.1 Å². The zero-order valence-electron chi connectivity index (χ0n) is 19.6. The number of para-hydroxylation sites is 1. The molecule has 1 aliphatic rings. The van der Waals surface area contributed by atoms with E-state index in [1.165, 1.54) is 6.07 Å². The van der Waals surface area contributed by atoms with Crippen molar-refractivity contribution < 1.29 is 19.1 Å². The van der Waals surface area contributed by atoms with Gasteiger partial charge in [0.05, 0.1) is 29.3 Å². The van der Waals surface area contributed by atoms with Gasteiger partial charge in [0.25, 0.3) is 11.8 Å². The molecule has 0 saturated carbocycles. The summed E-state index contributed by atoms with van der Waals surface area (Å²) >= 11 is 0. The van der Waals surface area contributed by atoms with E-state index in [1.807, 2.05) is 38.1 Å². The Balaban J connectivity index is 1.74. The van der Waals surface area contributed by atoms with Crippen molar-refractivity contribution in [2.75, 3.05) is 0 Å². The SMILES string of the molecule is CCC(N)(CC)C(O)Cn1cc(C2=C(c3c[nH]c4ccccc34)C(=O)NC2=O)c2c(F)cccc21. The highest BCUT2D eigenvalue weighted by Crippen LogP contribution is 2.39. The molecule has 0 bridgehead atoms. The first kappa shape index (κ1) is 23.0. The number of fused-ring (bicyclic) bond motifs is 2. The van der Waals surface area contributed by atoms with E-state index in [0.717, 1.165) is 10.9 Å². The largest absolute Gasteiger partial charge is 0.389 e. The van der Waals surface area contributed by atoms with Crippen molar-refractivity contribution in [1.82, 2.24) is 14.9 Å². The lowest BCUT2D eigenvalue weighted by atomic mass is 9.87. The van der Waals surface area contributed by atoms with Gasteiger partial charge in [0, 0.05) is 45.3 Å². The number of halogens is 1. The van der Waals surface area contributed by atoms with Crippen molar-refractivity contribution in [2.24, 2.45) is 5.73 Å². The Labute approximate surface area is 201 Å². The number of amides is 2. The number of nitrogens with zero attached hydrogens (tertiary/aromatic N) is 1. The van der Waals surface area contributed by atoms with Crippen molar-refractivity contribution >= 4 is 44.8 Å². The van der Waals surface area contributed by atoms with Gasteiger partial charge in [0.1, 0.15) is 5.82 Å². The first-order valence-electron chi connectivity index (χ1n) is 11.7. The number of rotatable bonds is 7. The summed E-state index contributed by atoms with van der Waals surface area (Å²) in [5.74, 6) is -1.65. The molecule has 0 spiro atoms. The lowest BCUT2D eigenvalue weighted by molar-refractivity contribution is -0.122. The van der Waals surface area contributed by atoms with Crippen LogP contribution in [0, 0.1) is 5.82 Å². The van der Waals surface area contributed by atoms with Gasteiger partial charge in [-0.25, -0.2) is 4.39 Å². The van der Waals surface area contributed by atoms with Crippen molar-refractivity contribution in [3.8, 4) is 0 Å². The van der Waals surface area contributed by atoms with E-state index in [9.17, 15) is 14.7 Å². The van der Waals surface area contributed by atoms with Gasteiger partial charge >= 0.3 is 0 Å². The molecule has 4 aromatic rings. The number of H-pyrrole nitrogens is 1. The fourth-order valence-electron chi connectivity index (χ4n) is 4.99. The van der Waals surface area contributed by atoms with Gasteiger partial charge in [-0.05, 0) is 31.0 Å². The standard InChI is InChI=1S/C27H27FN4O3/c1-3-27(29,4-2)21(33)14-32-13-17(22-18(28)9-7-11-20(22)32)24-23(25(34)31-26(24)35)16-12-30-19-10-6-5-8-15(16)19/h5-13,21,30,33H,3-4,14,29H2,1-2H3,(H,31,34,35). The van der Waals surface area contributed by atoms with Crippen LogP contribution in [0.5, 0.6) is 0 Å². The highest BCUT2D eigenvalue weighted by Gasteiger charge is 2.36. The monoisotopic (exact) mass is 474 g/mol. The second kappa shape index (κ2) is 8.48.